The van der Waals surface area contributed by atoms with Crippen molar-refractivity contribution in [2.45, 2.75) is 0 Å². The largest absolute Gasteiger partial charge is 0.479 e. The van der Waals surface area contributed by atoms with Gasteiger partial charge in [-0.15, -0.1) is 0 Å². The Morgan fingerprint density at radius 2 is 2.06 bits per heavy atom. The van der Waals surface area contributed by atoms with Gasteiger partial charge in [0.2, 0.25) is 11.8 Å². The highest BCUT2D eigenvalue weighted by Crippen LogP contribution is 2.25. The van der Waals surface area contributed by atoms with E-state index < -0.39 is 0 Å². The van der Waals surface area contributed by atoms with Crippen LogP contribution in [-0.4, -0.2) is 12.1 Å². The fourth-order valence-corrected chi connectivity index (χ4v) is 1.31. The van der Waals surface area contributed by atoms with Gasteiger partial charge in [-0.1, -0.05) is 6.07 Å². The van der Waals surface area contributed by atoms with Gasteiger partial charge in [0.1, 0.15) is 11.6 Å². The molecule has 0 aliphatic heterocycles. The number of benzene rings is 1. The van der Waals surface area contributed by atoms with Crippen molar-refractivity contribution >= 4 is 5.69 Å². The topological polar surface area (TPSA) is 57.4 Å². The molecule has 0 atom stereocenters. The number of rotatable bonds is 3. The van der Waals surface area contributed by atoms with Gasteiger partial charge < -0.3 is 15.2 Å². The summed E-state index contributed by atoms with van der Waals surface area (Å²) in [5.74, 6) is 0.565. The number of methoxy groups -OCH3 is 1. The zero-order chi connectivity index (χ0) is 12.3. The zero-order valence-electron chi connectivity index (χ0n) is 9.18. The predicted molar refractivity (Wildman–Crippen MR) is 61.7 cm³/mol. The minimum absolute atomic E-state index is 0.277. The van der Waals surface area contributed by atoms with Crippen LogP contribution in [0.4, 0.5) is 10.1 Å². The Hall–Kier alpha value is -2.30. The second-order valence-corrected chi connectivity index (χ2v) is 3.31. The Bertz CT molecular complexity index is 532. The molecule has 0 saturated carbocycles. The van der Waals surface area contributed by atoms with Crippen LogP contribution in [0.3, 0.4) is 0 Å². The highest BCUT2D eigenvalue weighted by Gasteiger charge is 2.05. The summed E-state index contributed by atoms with van der Waals surface area (Å²) in [6.07, 6.45) is 0. The summed E-state index contributed by atoms with van der Waals surface area (Å²) in [6, 6.07) is 8.99. The number of hydrogen-bond acceptors (Lipinski definition) is 4. The number of ether oxygens (including phenoxy) is 2. The van der Waals surface area contributed by atoms with Gasteiger partial charge in [0.25, 0.3) is 0 Å². The number of halogens is 1. The zero-order valence-corrected chi connectivity index (χ0v) is 9.18. The smallest absolute Gasteiger partial charge is 0.240 e. The summed E-state index contributed by atoms with van der Waals surface area (Å²) in [4.78, 5) is 4.02. The Morgan fingerprint density at radius 3 is 2.76 bits per heavy atom. The maximum Gasteiger partial charge on any atom is 0.240 e. The van der Waals surface area contributed by atoms with Gasteiger partial charge in [0.05, 0.1) is 12.8 Å². The number of hydrogen-bond donors (Lipinski definition) is 1. The van der Waals surface area contributed by atoms with Gasteiger partial charge in [-0.2, -0.15) is 4.98 Å². The van der Waals surface area contributed by atoms with E-state index >= 15 is 0 Å². The van der Waals surface area contributed by atoms with Crippen molar-refractivity contribution in [3.63, 3.8) is 0 Å². The SMILES string of the molecule is COc1nc(Oc2cccc(F)c2)ccc1N. The summed E-state index contributed by atoms with van der Waals surface area (Å²) in [5, 5.41) is 0. The summed E-state index contributed by atoms with van der Waals surface area (Å²) in [5.41, 5.74) is 6.03. The molecule has 1 heterocycles. The van der Waals surface area contributed by atoms with Crippen molar-refractivity contribution in [2.75, 3.05) is 12.8 Å². The third-order valence-corrected chi connectivity index (χ3v) is 2.08. The lowest BCUT2D eigenvalue weighted by Crippen LogP contribution is -1.97. The van der Waals surface area contributed by atoms with Crippen molar-refractivity contribution in [1.82, 2.24) is 4.98 Å². The molecule has 0 aliphatic carbocycles. The van der Waals surface area contributed by atoms with Crippen molar-refractivity contribution in [2.24, 2.45) is 0 Å². The first-order valence-electron chi connectivity index (χ1n) is 4.93. The maximum absolute atomic E-state index is 12.9. The van der Waals surface area contributed by atoms with Crippen molar-refractivity contribution < 1.29 is 13.9 Å². The lowest BCUT2D eigenvalue weighted by Gasteiger charge is -2.07. The molecule has 1 aromatic carbocycles. The molecule has 0 bridgehead atoms. The molecular formula is C12H11FN2O2. The number of nitrogens with two attached hydrogens (primary N) is 1. The first kappa shape index (κ1) is 11.2. The molecule has 0 unspecified atom stereocenters. The lowest BCUT2D eigenvalue weighted by atomic mass is 10.3. The minimum Gasteiger partial charge on any atom is -0.479 e. The van der Waals surface area contributed by atoms with Gasteiger partial charge in [-0.3, -0.25) is 0 Å². The molecule has 2 rings (SSSR count). The van der Waals surface area contributed by atoms with Crippen LogP contribution in [0.15, 0.2) is 36.4 Å². The van der Waals surface area contributed by atoms with Crippen LogP contribution in [0.25, 0.3) is 0 Å². The quantitative estimate of drug-likeness (QED) is 0.886. The summed E-state index contributed by atoms with van der Waals surface area (Å²) in [6.45, 7) is 0. The van der Waals surface area contributed by atoms with Gasteiger partial charge in [-0.05, 0) is 18.2 Å². The Morgan fingerprint density at radius 1 is 1.24 bits per heavy atom. The van der Waals surface area contributed by atoms with Crippen LogP contribution in [0.2, 0.25) is 0 Å². The molecule has 0 radical (unpaired) electrons. The summed E-state index contributed by atoms with van der Waals surface area (Å²) < 4.78 is 23.3. The van der Waals surface area contributed by atoms with Gasteiger partial charge in [0, 0.05) is 12.1 Å². The number of nitrogen functional groups attached to an aromatic ring is 1. The molecule has 0 spiro atoms. The third-order valence-electron chi connectivity index (χ3n) is 2.08. The van der Waals surface area contributed by atoms with E-state index in [1.54, 1.807) is 24.3 Å². The molecule has 2 N–H and O–H groups in total. The predicted octanol–water partition coefficient (Wildman–Crippen LogP) is 2.60. The van der Waals surface area contributed by atoms with Gasteiger partial charge in [-0.25, -0.2) is 4.39 Å². The van der Waals surface area contributed by atoms with E-state index in [1.165, 1.54) is 19.2 Å². The first-order valence-corrected chi connectivity index (χ1v) is 4.93. The van der Waals surface area contributed by atoms with Crippen LogP contribution in [0.5, 0.6) is 17.5 Å². The van der Waals surface area contributed by atoms with E-state index in [-0.39, 0.29) is 11.7 Å². The van der Waals surface area contributed by atoms with Gasteiger partial charge >= 0.3 is 0 Å². The third kappa shape index (κ3) is 2.63. The number of pyridine rings is 1. The van der Waals surface area contributed by atoms with E-state index in [0.717, 1.165) is 0 Å². The molecule has 2 aromatic rings. The monoisotopic (exact) mass is 234 g/mol. The molecule has 88 valence electrons. The van der Waals surface area contributed by atoms with Crippen LogP contribution in [-0.2, 0) is 0 Å². The Balaban J connectivity index is 2.24. The molecule has 4 nitrogen and oxygen atoms in total. The molecule has 0 fully saturated rings. The summed E-state index contributed by atoms with van der Waals surface area (Å²) in [7, 11) is 1.46. The number of anilines is 1. The number of aromatic nitrogens is 1. The van der Waals surface area contributed by atoms with Crippen LogP contribution in [0.1, 0.15) is 0 Å². The average Bonchev–Trinajstić information content (AvgIpc) is 2.32. The molecule has 1 aromatic heterocycles. The minimum atomic E-state index is -0.370. The van der Waals surface area contributed by atoms with Crippen LogP contribution >= 0.6 is 0 Å². The van der Waals surface area contributed by atoms with Crippen molar-refractivity contribution in [3.8, 4) is 17.5 Å². The Kier molecular flexibility index (Phi) is 3.09. The average molecular weight is 234 g/mol. The maximum atomic E-state index is 12.9. The van der Waals surface area contributed by atoms with Crippen molar-refractivity contribution in [1.29, 1.82) is 0 Å². The Labute approximate surface area is 97.8 Å². The molecule has 0 aliphatic rings. The highest BCUT2D eigenvalue weighted by atomic mass is 19.1. The van der Waals surface area contributed by atoms with Crippen molar-refractivity contribution in [3.05, 3.63) is 42.2 Å². The molecular weight excluding hydrogens is 223 g/mol. The second kappa shape index (κ2) is 4.69. The van der Waals surface area contributed by atoms with E-state index in [9.17, 15) is 4.39 Å². The normalized spacial score (nSPS) is 10.0. The fourth-order valence-electron chi connectivity index (χ4n) is 1.31. The molecule has 0 amide bonds. The van der Waals surface area contributed by atoms with E-state index in [0.29, 0.717) is 17.3 Å². The molecule has 17 heavy (non-hydrogen) atoms. The van der Waals surface area contributed by atoms with Gasteiger partial charge in [0.15, 0.2) is 0 Å². The number of nitrogens with zero attached hydrogens (tertiary/aromatic N) is 1. The van der Waals surface area contributed by atoms with E-state index in [2.05, 4.69) is 4.98 Å². The first-order chi connectivity index (χ1) is 8.19. The molecule has 5 heteroatoms. The van der Waals surface area contributed by atoms with Crippen LogP contribution < -0.4 is 15.2 Å². The second-order valence-electron chi connectivity index (χ2n) is 3.31. The lowest BCUT2D eigenvalue weighted by molar-refractivity contribution is 0.385. The summed E-state index contributed by atoms with van der Waals surface area (Å²) >= 11 is 0. The molecule has 0 saturated heterocycles. The van der Waals surface area contributed by atoms with E-state index in [1.807, 2.05) is 0 Å². The fraction of sp³-hybridized carbons (Fsp3) is 0.0833. The highest BCUT2D eigenvalue weighted by molar-refractivity contribution is 5.49. The van der Waals surface area contributed by atoms with Crippen LogP contribution in [0, 0.1) is 5.82 Å². The van der Waals surface area contributed by atoms with E-state index in [4.69, 9.17) is 15.2 Å². The standard InChI is InChI=1S/C12H11FN2O2/c1-16-12-10(14)5-6-11(15-12)17-9-4-2-3-8(13)7-9/h2-7H,14H2,1H3.